The van der Waals surface area contributed by atoms with Crippen LogP contribution in [0.3, 0.4) is 0 Å². The van der Waals surface area contributed by atoms with Crippen molar-refractivity contribution in [1.82, 2.24) is 0 Å². The number of aliphatic hydroxyl groups is 1. The van der Waals surface area contributed by atoms with Gasteiger partial charge in [-0.05, 0) is 31.5 Å². The third-order valence-corrected chi connectivity index (χ3v) is 2.85. The van der Waals surface area contributed by atoms with E-state index in [0.29, 0.717) is 6.07 Å². The number of hydrogen-bond acceptors (Lipinski definition) is 2. The Morgan fingerprint density at radius 3 is 2.29 bits per heavy atom. The molecule has 0 aliphatic rings. The lowest BCUT2D eigenvalue weighted by Crippen LogP contribution is -2.30. The molecular weight excluding hydrogens is 257 g/mol. The van der Waals surface area contributed by atoms with Crippen LogP contribution in [0.5, 0.6) is 0 Å². The first-order valence-corrected chi connectivity index (χ1v) is 5.05. The van der Waals surface area contributed by atoms with Crippen LogP contribution < -0.4 is 0 Å². The van der Waals surface area contributed by atoms with Gasteiger partial charge < -0.3 is 5.11 Å². The molecular formula is C11H10ClF3O2. The first kappa shape index (κ1) is 14.0. The molecule has 1 N–H and O–H groups in total. The van der Waals surface area contributed by atoms with Crippen molar-refractivity contribution in [3.8, 4) is 0 Å². The summed E-state index contributed by atoms with van der Waals surface area (Å²) in [5, 5.41) is 9.31. The van der Waals surface area contributed by atoms with Crippen LogP contribution in [-0.4, -0.2) is 10.9 Å². The van der Waals surface area contributed by atoms with Crippen LogP contribution in [0.4, 0.5) is 13.2 Å². The Morgan fingerprint density at radius 2 is 1.88 bits per heavy atom. The summed E-state index contributed by atoms with van der Waals surface area (Å²) in [6.07, 6.45) is -4.63. The highest BCUT2D eigenvalue weighted by Gasteiger charge is 2.36. The van der Waals surface area contributed by atoms with Gasteiger partial charge in [0.2, 0.25) is 0 Å². The van der Waals surface area contributed by atoms with Crippen molar-refractivity contribution in [3.05, 3.63) is 34.3 Å². The average Bonchev–Trinajstić information content (AvgIpc) is 2.15. The van der Waals surface area contributed by atoms with Crippen molar-refractivity contribution in [3.63, 3.8) is 0 Å². The zero-order valence-corrected chi connectivity index (χ0v) is 9.86. The summed E-state index contributed by atoms with van der Waals surface area (Å²) in [6.45, 7) is 2.24. The van der Waals surface area contributed by atoms with E-state index in [4.69, 9.17) is 11.6 Å². The number of ketones is 1. The molecule has 0 aliphatic heterocycles. The van der Waals surface area contributed by atoms with Crippen LogP contribution in [0.2, 0.25) is 5.02 Å². The van der Waals surface area contributed by atoms with Crippen molar-refractivity contribution in [2.75, 3.05) is 0 Å². The van der Waals surface area contributed by atoms with Gasteiger partial charge in [-0.3, -0.25) is 4.79 Å². The van der Waals surface area contributed by atoms with E-state index in [1.54, 1.807) is 0 Å². The maximum atomic E-state index is 12.6. The molecule has 17 heavy (non-hydrogen) atoms. The predicted octanol–water partition coefficient (Wildman–Crippen LogP) is 3.16. The van der Waals surface area contributed by atoms with Gasteiger partial charge in [-0.15, -0.1) is 0 Å². The largest absolute Gasteiger partial charge is 0.417 e. The minimum Gasteiger partial charge on any atom is -0.378 e. The zero-order valence-electron chi connectivity index (χ0n) is 9.10. The van der Waals surface area contributed by atoms with Crippen molar-refractivity contribution >= 4 is 17.4 Å². The van der Waals surface area contributed by atoms with E-state index < -0.39 is 28.1 Å². The van der Waals surface area contributed by atoms with Gasteiger partial charge in [0.05, 0.1) is 10.6 Å². The van der Waals surface area contributed by atoms with Crippen molar-refractivity contribution in [1.29, 1.82) is 0 Å². The van der Waals surface area contributed by atoms with Crippen LogP contribution in [0.25, 0.3) is 0 Å². The van der Waals surface area contributed by atoms with Crippen LogP contribution in [0.15, 0.2) is 18.2 Å². The van der Waals surface area contributed by atoms with Gasteiger partial charge in [-0.2, -0.15) is 13.2 Å². The second-order valence-electron chi connectivity index (χ2n) is 3.82. The Hall–Kier alpha value is -1.07. The van der Waals surface area contributed by atoms with E-state index in [1.807, 2.05) is 0 Å². The number of hydrogen-bond donors (Lipinski definition) is 1. The maximum Gasteiger partial charge on any atom is 0.417 e. The summed E-state index contributed by atoms with van der Waals surface area (Å²) in [7, 11) is 0. The summed E-state index contributed by atoms with van der Waals surface area (Å²) in [5.41, 5.74) is -3.16. The number of halogens is 4. The van der Waals surface area contributed by atoms with E-state index >= 15 is 0 Å². The molecule has 0 aliphatic carbocycles. The van der Waals surface area contributed by atoms with Crippen LogP contribution in [0.1, 0.15) is 25.0 Å². The van der Waals surface area contributed by atoms with Crippen LogP contribution in [-0.2, 0) is 16.6 Å². The third kappa shape index (κ3) is 2.79. The number of carbonyl (C=O) groups is 1. The number of alkyl halides is 3. The van der Waals surface area contributed by atoms with E-state index in [2.05, 4.69) is 0 Å². The average molecular weight is 267 g/mol. The SMILES string of the molecule is CC(=O)C(C)(O)c1ccc(Cl)c(C(F)(F)F)c1. The molecule has 0 saturated heterocycles. The van der Waals surface area contributed by atoms with E-state index in [9.17, 15) is 23.1 Å². The molecule has 1 rings (SSSR count). The fraction of sp³-hybridized carbons (Fsp3) is 0.364. The zero-order chi connectivity index (χ0) is 13.4. The second kappa shape index (κ2) is 4.31. The van der Waals surface area contributed by atoms with Gasteiger partial charge in [0, 0.05) is 0 Å². The Labute approximate surface area is 101 Å². The van der Waals surface area contributed by atoms with Gasteiger partial charge in [0.15, 0.2) is 5.78 Å². The third-order valence-electron chi connectivity index (χ3n) is 2.52. The Balaban J connectivity index is 3.37. The van der Waals surface area contributed by atoms with Gasteiger partial charge in [0.25, 0.3) is 0 Å². The molecule has 0 amide bonds. The van der Waals surface area contributed by atoms with E-state index in [1.165, 1.54) is 6.07 Å². The van der Waals surface area contributed by atoms with Crippen molar-refractivity contribution in [2.24, 2.45) is 0 Å². The molecule has 0 fully saturated rings. The summed E-state index contributed by atoms with van der Waals surface area (Å²) in [6, 6.07) is 2.89. The molecule has 6 heteroatoms. The fourth-order valence-electron chi connectivity index (χ4n) is 1.25. The Morgan fingerprint density at radius 1 is 1.35 bits per heavy atom. The lowest BCUT2D eigenvalue weighted by atomic mass is 9.91. The molecule has 0 aromatic heterocycles. The Kier molecular flexibility index (Phi) is 3.55. The number of rotatable bonds is 2. The normalized spacial score (nSPS) is 15.5. The Bertz CT molecular complexity index is 453. The molecule has 0 radical (unpaired) electrons. The quantitative estimate of drug-likeness (QED) is 0.893. The van der Waals surface area contributed by atoms with Gasteiger partial charge in [-0.25, -0.2) is 0 Å². The molecule has 94 valence electrons. The summed E-state index contributed by atoms with van der Waals surface area (Å²) in [4.78, 5) is 11.1. The van der Waals surface area contributed by atoms with E-state index in [-0.39, 0.29) is 5.56 Å². The fourth-order valence-corrected chi connectivity index (χ4v) is 1.47. The minimum atomic E-state index is -4.63. The van der Waals surface area contributed by atoms with Crippen LogP contribution >= 0.6 is 11.6 Å². The highest BCUT2D eigenvalue weighted by atomic mass is 35.5. The number of carbonyl (C=O) groups excluding carboxylic acids is 1. The minimum absolute atomic E-state index is 0.137. The number of benzene rings is 1. The van der Waals surface area contributed by atoms with Gasteiger partial charge in [-0.1, -0.05) is 17.7 Å². The first-order chi connectivity index (χ1) is 7.56. The predicted molar refractivity (Wildman–Crippen MR) is 56.7 cm³/mol. The summed E-state index contributed by atoms with van der Waals surface area (Å²) >= 11 is 5.42. The molecule has 0 bridgehead atoms. The van der Waals surface area contributed by atoms with E-state index in [0.717, 1.165) is 19.9 Å². The maximum absolute atomic E-state index is 12.6. The highest BCUT2D eigenvalue weighted by Crippen LogP contribution is 2.37. The molecule has 2 nitrogen and oxygen atoms in total. The highest BCUT2D eigenvalue weighted by molar-refractivity contribution is 6.31. The molecule has 1 aromatic rings. The summed E-state index contributed by atoms with van der Waals surface area (Å²) in [5.74, 6) is -0.645. The molecule has 1 unspecified atom stereocenters. The van der Waals surface area contributed by atoms with Crippen molar-refractivity contribution < 1.29 is 23.1 Å². The van der Waals surface area contributed by atoms with Crippen LogP contribution in [0, 0.1) is 0 Å². The van der Waals surface area contributed by atoms with Crippen molar-refractivity contribution in [2.45, 2.75) is 25.6 Å². The molecule has 0 spiro atoms. The molecule has 1 aromatic carbocycles. The summed E-state index contributed by atoms with van der Waals surface area (Å²) < 4.78 is 37.7. The topological polar surface area (TPSA) is 37.3 Å². The monoisotopic (exact) mass is 266 g/mol. The molecule has 0 saturated carbocycles. The first-order valence-electron chi connectivity index (χ1n) is 4.67. The van der Waals surface area contributed by atoms with Gasteiger partial charge in [0.1, 0.15) is 5.60 Å². The molecule has 1 atom stereocenters. The molecule has 0 heterocycles. The lowest BCUT2D eigenvalue weighted by Gasteiger charge is -2.22. The smallest absolute Gasteiger partial charge is 0.378 e. The standard InChI is InChI=1S/C11H10ClF3O2/c1-6(16)10(2,17)7-3-4-9(12)8(5-7)11(13,14)15/h3-5,17H,1-2H3. The number of Topliss-reactive ketones (excluding diaryl/α,β-unsaturated/α-hetero) is 1. The van der Waals surface area contributed by atoms with Gasteiger partial charge >= 0.3 is 6.18 Å². The lowest BCUT2D eigenvalue weighted by molar-refractivity contribution is -0.139. The second-order valence-corrected chi connectivity index (χ2v) is 4.23.